The Bertz CT molecular complexity index is 184. The molecule has 0 aromatic rings. The van der Waals surface area contributed by atoms with Crippen LogP contribution in [0.2, 0.25) is 0 Å². The maximum absolute atomic E-state index is 11.1. The van der Waals surface area contributed by atoms with Gasteiger partial charge in [0, 0.05) is 0 Å². The largest absolute Gasteiger partial charge is 0.394 e. The molecule has 0 aliphatic heterocycles. The van der Waals surface area contributed by atoms with Crippen LogP contribution in [0.4, 0.5) is 0 Å². The van der Waals surface area contributed by atoms with Gasteiger partial charge in [-0.3, -0.25) is 4.79 Å². The number of aliphatic hydroxyl groups is 5. The van der Waals surface area contributed by atoms with Crippen LogP contribution in [-0.2, 0) is 9.53 Å². The minimum absolute atomic E-state index is 0.0584. The summed E-state index contributed by atoms with van der Waals surface area (Å²) in [4.78, 5) is 11.1. The first kappa shape index (κ1) is 14.4. The van der Waals surface area contributed by atoms with Gasteiger partial charge in [0.05, 0.1) is 19.8 Å². The van der Waals surface area contributed by atoms with E-state index in [0.29, 0.717) is 0 Å². The Morgan fingerprint density at radius 2 is 1.80 bits per heavy atom. The van der Waals surface area contributed by atoms with Gasteiger partial charge in [-0.2, -0.15) is 0 Å². The third-order valence-corrected chi connectivity index (χ3v) is 1.71. The van der Waals surface area contributed by atoms with Gasteiger partial charge in [0.2, 0.25) is 0 Å². The van der Waals surface area contributed by atoms with E-state index in [9.17, 15) is 9.90 Å². The molecular formula is C8H16O7. The number of ketones is 1. The fraction of sp³-hybridized carbons (Fsp3) is 0.875. The number of hydrogen-bond donors (Lipinski definition) is 5. The average molecular weight is 224 g/mol. The molecule has 0 fully saturated rings. The van der Waals surface area contributed by atoms with Crippen LogP contribution in [0, 0.1) is 0 Å². The highest BCUT2D eigenvalue weighted by Crippen LogP contribution is 2.01. The summed E-state index contributed by atoms with van der Waals surface area (Å²) in [7, 11) is 0. The summed E-state index contributed by atoms with van der Waals surface area (Å²) in [6, 6.07) is 0. The number of ether oxygens (including phenoxy) is 1. The van der Waals surface area contributed by atoms with E-state index in [1.54, 1.807) is 0 Å². The highest BCUT2D eigenvalue weighted by Gasteiger charge is 2.29. The molecule has 0 aliphatic rings. The molecule has 0 rings (SSSR count). The monoisotopic (exact) mass is 224 g/mol. The number of Topliss-reactive ketones (excluding diaryl/α,β-unsaturated/α-hetero) is 1. The highest BCUT2D eigenvalue weighted by molar-refractivity contribution is 5.84. The summed E-state index contributed by atoms with van der Waals surface area (Å²) >= 11 is 0. The van der Waals surface area contributed by atoms with E-state index in [0.717, 1.165) is 0 Å². The van der Waals surface area contributed by atoms with E-state index in [1.807, 2.05) is 0 Å². The Morgan fingerprint density at radius 1 is 1.20 bits per heavy atom. The molecule has 0 amide bonds. The Balaban J connectivity index is 3.96. The van der Waals surface area contributed by atoms with Crippen molar-refractivity contribution in [2.75, 3.05) is 26.4 Å². The van der Waals surface area contributed by atoms with Crippen LogP contribution in [0.25, 0.3) is 0 Å². The van der Waals surface area contributed by atoms with E-state index < -0.39 is 37.3 Å². The lowest BCUT2D eigenvalue weighted by Gasteiger charge is -2.20. The molecule has 3 unspecified atom stereocenters. The van der Waals surface area contributed by atoms with Gasteiger partial charge in [-0.15, -0.1) is 0 Å². The first-order valence-electron chi connectivity index (χ1n) is 4.41. The second-order valence-corrected chi connectivity index (χ2v) is 2.93. The van der Waals surface area contributed by atoms with Crippen molar-refractivity contribution in [2.45, 2.75) is 18.3 Å². The van der Waals surface area contributed by atoms with Crippen LogP contribution < -0.4 is 0 Å². The van der Waals surface area contributed by atoms with Gasteiger partial charge in [-0.1, -0.05) is 0 Å². The van der Waals surface area contributed by atoms with E-state index in [4.69, 9.17) is 20.4 Å². The normalized spacial score (nSPS) is 17.1. The molecule has 7 nitrogen and oxygen atoms in total. The van der Waals surface area contributed by atoms with Crippen molar-refractivity contribution in [3.63, 3.8) is 0 Å². The summed E-state index contributed by atoms with van der Waals surface area (Å²) in [6.07, 6.45) is -5.15. The molecule has 0 aliphatic carbocycles. The molecule has 90 valence electrons. The van der Waals surface area contributed by atoms with E-state index in [2.05, 4.69) is 4.74 Å². The smallest absolute Gasteiger partial charge is 0.189 e. The minimum atomic E-state index is -1.81. The fourth-order valence-electron chi connectivity index (χ4n) is 0.832. The molecule has 0 bridgehead atoms. The number of carbonyl (C=O) groups excluding carboxylic acids is 1. The van der Waals surface area contributed by atoms with Gasteiger partial charge < -0.3 is 30.3 Å². The zero-order chi connectivity index (χ0) is 11.8. The molecule has 0 saturated heterocycles. The summed E-state index contributed by atoms with van der Waals surface area (Å²) in [5.41, 5.74) is 0. The van der Waals surface area contributed by atoms with Crippen LogP contribution in [0.1, 0.15) is 0 Å². The predicted molar refractivity (Wildman–Crippen MR) is 48.0 cm³/mol. The van der Waals surface area contributed by atoms with Crippen LogP contribution in [0.5, 0.6) is 0 Å². The molecule has 0 aromatic heterocycles. The summed E-state index contributed by atoms with van der Waals surface area (Å²) in [5, 5.41) is 44.0. The molecular weight excluding hydrogens is 208 g/mol. The highest BCUT2D eigenvalue weighted by atomic mass is 16.5. The van der Waals surface area contributed by atoms with E-state index in [1.165, 1.54) is 0 Å². The standard InChI is InChI=1S/C8H16O7/c9-1-2-15-4-6(12)8(14)7(13)5(11)3-10/h5,7-11,13-14H,1-4H2. The summed E-state index contributed by atoms with van der Waals surface area (Å²) < 4.78 is 4.61. The molecule has 0 saturated carbocycles. The molecule has 7 heteroatoms. The second-order valence-electron chi connectivity index (χ2n) is 2.93. The van der Waals surface area contributed by atoms with Crippen LogP contribution in [0.3, 0.4) is 0 Å². The van der Waals surface area contributed by atoms with Crippen LogP contribution >= 0.6 is 0 Å². The lowest BCUT2D eigenvalue weighted by Crippen LogP contribution is -2.45. The summed E-state index contributed by atoms with van der Waals surface area (Å²) in [5.74, 6) is -0.830. The average Bonchev–Trinajstić information content (AvgIpc) is 2.26. The predicted octanol–water partition coefficient (Wildman–Crippen LogP) is -3.36. The first-order chi connectivity index (χ1) is 7.04. The number of aliphatic hydroxyl groups excluding tert-OH is 5. The molecule has 15 heavy (non-hydrogen) atoms. The Kier molecular flexibility index (Phi) is 7.39. The van der Waals surface area contributed by atoms with Crippen LogP contribution in [0.15, 0.2) is 0 Å². The molecule has 5 N–H and O–H groups in total. The van der Waals surface area contributed by atoms with Gasteiger partial charge in [0.1, 0.15) is 24.9 Å². The van der Waals surface area contributed by atoms with Crippen molar-refractivity contribution < 1.29 is 35.1 Å². The van der Waals surface area contributed by atoms with Crippen molar-refractivity contribution in [1.82, 2.24) is 0 Å². The minimum Gasteiger partial charge on any atom is -0.394 e. The van der Waals surface area contributed by atoms with Crippen molar-refractivity contribution >= 4 is 5.78 Å². The lowest BCUT2D eigenvalue weighted by atomic mass is 10.1. The third kappa shape index (κ3) is 5.17. The second kappa shape index (κ2) is 7.69. The molecule has 0 spiro atoms. The molecule has 3 atom stereocenters. The van der Waals surface area contributed by atoms with Gasteiger partial charge in [-0.05, 0) is 0 Å². The summed E-state index contributed by atoms with van der Waals surface area (Å²) in [6.45, 7) is -1.55. The quantitative estimate of drug-likeness (QED) is 0.272. The number of hydrogen-bond acceptors (Lipinski definition) is 7. The Labute approximate surface area is 86.5 Å². The Hall–Kier alpha value is -0.570. The topological polar surface area (TPSA) is 127 Å². The zero-order valence-electron chi connectivity index (χ0n) is 8.11. The van der Waals surface area contributed by atoms with E-state index >= 15 is 0 Å². The number of rotatable bonds is 8. The Morgan fingerprint density at radius 3 is 2.27 bits per heavy atom. The number of carbonyl (C=O) groups is 1. The van der Waals surface area contributed by atoms with Gasteiger partial charge >= 0.3 is 0 Å². The SMILES string of the molecule is O=C(COCCO)C(O)C(O)C(O)CO. The lowest BCUT2D eigenvalue weighted by molar-refractivity contribution is -0.144. The van der Waals surface area contributed by atoms with Gasteiger partial charge in [0.15, 0.2) is 5.78 Å². The van der Waals surface area contributed by atoms with Gasteiger partial charge in [0.25, 0.3) is 0 Å². The maximum atomic E-state index is 11.1. The fourth-order valence-corrected chi connectivity index (χ4v) is 0.832. The molecule has 0 radical (unpaired) electrons. The maximum Gasteiger partial charge on any atom is 0.189 e. The van der Waals surface area contributed by atoms with Crippen molar-refractivity contribution in [2.24, 2.45) is 0 Å². The molecule has 0 aromatic carbocycles. The first-order valence-corrected chi connectivity index (χ1v) is 4.41. The zero-order valence-corrected chi connectivity index (χ0v) is 8.11. The molecule has 0 heterocycles. The van der Waals surface area contributed by atoms with Crippen molar-refractivity contribution in [3.8, 4) is 0 Å². The third-order valence-electron chi connectivity index (χ3n) is 1.71. The van der Waals surface area contributed by atoms with Crippen molar-refractivity contribution in [1.29, 1.82) is 0 Å². The van der Waals surface area contributed by atoms with Crippen molar-refractivity contribution in [3.05, 3.63) is 0 Å². The van der Waals surface area contributed by atoms with Gasteiger partial charge in [-0.25, -0.2) is 0 Å². The van der Waals surface area contributed by atoms with E-state index in [-0.39, 0.29) is 13.2 Å². The van der Waals surface area contributed by atoms with Crippen LogP contribution in [-0.4, -0.2) is 76.1 Å².